The summed E-state index contributed by atoms with van der Waals surface area (Å²) in [7, 11) is 0. The molecule has 1 aromatic carbocycles. The molecular formula is C19H10Cl2F4N4O3S. The Morgan fingerprint density at radius 1 is 1.15 bits per heavy atom. The molecule has 0 aliphatic heterocycles. The van der Waals surface area contributed by atoms with E-state index in [-0.39, 0.29) is 42.7 Å². The lowest BCUT2D eigenvalue weighted by atomic mass is 10.2. The van der Waals surface area contributed by atoms with Crippen LogP contribution in [0.3, 0.4) is 0 Å². The minimum Gasteiger partial charge on any atom is -0.479 e. The fourth-order valence-corrected chi connectivity index (χ4v) is 4.16. The molecule has 1 unspecified atom stereocenters. The van der Waals surface area contributed by atoms with Crippen LogP contribution in [0.1, 0.15) is 12.5 Å². The van der Waals surface area contributed by atoms with Crippen LogP contribution in [-0.2, 0) is 11.0 Å². The smallest absolute Gasteiger partial charge is 0.417 e. The van der Waals surface area contributed by atoms with Crippen LogP contribution in [0.25, 0.3) is 26.9 Å². The first kappa shape index (κ1) is 23.2. The number of ether oxygens (including phenoxy) is 1. The molecule has 0 fully saturated rings. The van der Waals surface area contributed by atoms with Crippen molar-refractivity contribution in [1.82, 2.24) is 19.6 Å². The molecule has 3 heterocycles. The number of rotatable bonds is 5. The molecule has 7 nitrogen and oxygen atoms in total. The predicted octanol–water partition coefficient (Wildman–Crippen LogP) is 5.84. The number of carboxylic acid groups (broad SMARTS) is 1. The summed E-state index contributed by atoms with van der Waals surface area (Å²) in [6.45, 7) is 1.24. The highest BCUT2D eigenvalue weighted by molar-refractivity contribution is 7.18. The van der Waals surface area contributed by atoms with E-state index in [0.717, 1.165) is 40.1 Å². The Bertz CT molecular complexity index is 1390. The van der Waals surface area contributed by atoms with Crippen molar-refractivity contribution in [2.45, 2.75) is 19.2 Å². The van der Waals surface area contributed by atoms with E-state index in [1.807, 2.05) is 0 Å². The third kappa shape index (κ3) is 4.59. The second kappa shape index (κ2) is 8.43. The summed E-state index contributed by atoms with van der Waals surface area (Å²) in [5.74, 6) is -2.49. The van der Waals surface area contributed by atoms with Gasteiger partial charge in [-0.1, -0.05) is 34.5 Å². The molecule has 1 atom stereocenters. The Balaban J connectivity index is 1.68. The third-order valence-electron chi connectivity index (χ3n) is 4.38. The van der Waals surface area contributed by atoms with Crippen LogP contribution in [0.15, 0.2) is 30.6 Å². The van der Waals surface area contributed by atoms with Crippen molar-refractivity contribution in [2.75, 3.05) is 0 Å². The van der Waals surface area contributed by atoms with Crippen molar-refractivity contribution in [2.24, 2.45) is 0 Å². The van der Waals surface area contributed by atoms with Gasteiger partial charge in [-0.25, -0.2) is 14.2 Å². The lowest BCUT2D eigenvalue weighted by Gasteiger charge is -2.12. The van der Waals surface area contributed by atoms with Gasteiger partial charge in [0.05, 0.1) is 15.6 Å². The zero-order valence-electron chi connectivity index (χ0n) is 16.2. The van der Waals surface area contributed by atoms with Gasteiger partial charge in [-0.2, -0.15) is 13.2 Å². The molecule has 0 aliphatic rings. The van der Waals surface area contributed by atoms with Gasteiger partial charge in [0.15, 0.2) is 28.3 Å². The highest BCUT2D eigenvalue weighted by Crippen LogP contribution is 2.38. The van der Waals surface area contributed by atoms with Crippen molar-refractivity contribution >= 4 is 46.2 Å². The molecule has 0 aliphatic carbocycles. The van der Waals surface area contributed by atoms with Crippen molar-refractivity contribution < 1.29 is 32.2 Å². The first-order valence-corrected chi connectivity index (χ1v) is 10.5. The van der Waals surface area contributed by atoms with E-state index >= 15 is 0 Å². The Labute approximate surface area is 196 Å². The SMILES string of the molecule is CC(Oc1cc(Cl)c(-c2nnc(-c3cn4cc(C(F)(F)F)cc(Cl)c4n3)s2)cc1F)C(=O)O. The van der Waals surface area contributed by atoms with Crippen LogP contribution in [0.2, 0.25) is 10.0 Å². The molecule has 0 spiro atoms. The third-order valence-corrected chi connectivity index (χ3v) is 5.95. The topological polar surface area (TPSA) is 89.6 Å². The Kier molecular flexibility index (Phi) is 5.93. The maximum atomic E-state index is 14.4. The summed E-state index contributed by atoms with van der Waals surface area (Å²) in [5, 5.41) is 17.1. The second-order valence-corrected chi connectivity index (χ2v) is 8.50. The van der Waals surface area contributed by atoms with Gasteiger partial charge in [0.1, 0.15) is 10.7 Å². The molecular weight excluding hydrogens is 511 g/mol. The van der Waals surface area contributed by atoms with E-state index in [1.165, 1.54) is 13.1 Å². The van der Waals surface area contributed by atoms with E-state index in [0.29, 0.717) is 0 Å². The summed E-state index contributed by atoms with van der Waals surface area (Å²) >= 11 is 13.1. The monoisotopic (exact) mass is 520 g/mol. The number of imidazole rings is 1. The number of halogens is 6. The number of aliphatic carboxylic acids is 1. The van der Waals surface area contributed by atoms with Crippen LogP contribution < -0.4 is 4.74 Å². The van der Waals surface area contributed by atoms with E-state index in [4.69, 9.17) is 33.0 Å². The highest BCUT2D eigenvalue weighted by Gasteiger charge is 2.32. The Hall–Kier alpha value is -2.96. The first-order chi connectivity index (χ1) is 15.4. The number of hydrogen-bond acceptors (Lipinski definition) is 6. The van der Waals surface area contributed by atoms with E-state index in [2.05, 4.69) is 15.2 Å². The summed E-state index contributed by atoms with van der Waals surface area (Å²) in [4.78, 5) is 15.1. The van der Waals surface area contributed by atoms with Crippen LogP contribution in [-0.4, -0.2) is 36.8 Å². The van der Waals surface area contributed by atoms with Crippen LogP contribution >= 0.6 is 34.5 Å². The van der Waals surface area contributed by atoms with Gasteiger partial charge < -0.3 is 14.2 Å². The molecule has 0 saturated heterocycles. The predicted molar refractivity (Wildman–Crippen MR) is 112 cm³/mol. The largest absolute Gasteiger partial charge is 0.479 e. The number of alkyl halides is 3. The zero-order valence-corrected chi connectivity index (χ0v) is 18.5. The standard InChI is InChI=1S/C19H10Cl2F4N4O3S/c1-7(18(30)31)32-14-4-10(20)9(3-12(14)22)16-27-28-17(33-16)13-6-29-5-8(19(23,24)25)2-11(21)15(29)26-13/h2-7H,1H3,(H,30,31). The van der Waals surface area contributed by atoms with Crippen molar-refractivity contribution in [1.29, 1.82) is 0 Å². The number of hydrogen-bond donors (Lipinski definition) is 1. The van der Waals surface area contributed by atoms with Crippen molar-refractivity contribution in [3.63, 3.8) is 0 Å². The molecule has 0 saturated carbocycles. The summed E-state index contributed by atoms with van der Waals surface area (Å²) in [5.41, 5.74) is -0.487. The molecule has 1 N–H and O–H groups in total. The minimum absolute atomic E-state index is 0.0274. The molecule has 0 amide bonds. The normalized spacial score (nSPS) is 12.8. The zero-order chi connectivity index (χ0) is 24.1. The Morgan fingerprint density at radius 3 is 2.52 bits per heavy atom. The maximum Gasteiger partial charge on any atom is 0.417 e. The van der Waals surface area contributed by atoms with Gasteiger partial charge in [0, 0.05) is 24.0 Å². The molecule has 4 aromatic rings. The number of carboxylic acids is 1. The van der Waals surface area contributed by atoms with Gasteiger partial charge >= 0.3 is 12.1 Å². The van der Waals surface area contributed by atoms with E-state index < -0.39 is 29.6 Å². The lowest BCUT2D eigenvalue weighted by Crippen LogP contribution is -2.23. The number of pyridine rings is 1. The van der Waals surface area contributed by atoms with Crippen molar-refractivity contribution in [3.05, 3.63) is 52.0 Å². The quantitative estimate of drug-likeness (QED) is 0.332. The molecule has 0 bridgehead atoms. The first-order valence-electron chi connectivity index (χ1n) is 8.92. The van der Waals surface area contributed by atoms with Crippen LogP contribution in [0.5, 0.6) is 5.75 Å². The second-order valence-electron chi connectivity index (χ2n) is 6.70. The molecule has 14 heteroatoms. The summed E-state index contributed by atoms with van der Waals surface area (Å²) in [6, 6.07) is 2.92. The average Bonchev–Trinajstić information content (AvgIpc) is 3.37. The molecule has 0 radical (unpaired) electrons. The molecule has 4 rings (SSSR count). The van der Waals surface area contributed by atoms with Crippen molar-refractivity contribution in [3.8, 4) is 27.0 Å². The highest BCUT2D eigenvalue weighted by atomic mass is 35.5. The van der Waals surface area contributed by atoms with E-state index in [9.17, 15) is 22.4 Å². The average molecular weight is 521 g/mol. The maximum absolute atomic E-state index is 14.4. The van der Waals surface area contributed by atoms with Crippen LogP contribution in [0.4, 0.5) is 17.6 Å². The number of carbonyl (C=O) groups is 1. The van der Waals surface area contributed by atoms with Gasteiger partial charge in [0.25, 0.3) is 0 Å². The number of benzene rings is 1. The molecule has 33 heavy (non-hydrogen) atoms. The number of nitrogens with zero attached hydrogens (tertiary/aromatic N) is 4. The summed E-state index contributed by atoms with van der Waals surface area (Å²) < 4.78 is 59.7. The fraction of sp³-hybridized carbons (Fsp3) is 0.158. The van der Waals surface area contributed by atoms with Gasteiger partial charge in [0.2, 0.25) is 0 Å². The lowest BCUT2D eigenvalue weighted by molar-refractivity contribution is -0.144. The van der Waals surface area contributed by atoms with Gasteiger partial charge in [-0.15, -0.1) is 10.2 Å². The van der Waals surface area contributed by atoms with Gasteiger partial charge in [-0.05, 0) is 19.1 Å². The summed E-state index contributed by atoms with van der Waals surface area (Å²) in [6.07, 6.45) is -3.72. The molecule has 172 valence electrons. The van der Waals surface area contributed by atoms with Crippen LogP contribution in [0, 0.1) is 5.82 Å². The Morgan fingerprint density at radius 2 is 1.85 bits per heavy atom. The fourth-order valence-electron chi connectivity index (χ4n) is 2.77. The number of aromatic nitrogens is 4. The van der Waals surface area contributed by atoms with Gasteiger partial charge in [-0.3, -0.25) is 0 Å². The minimum atomic E-state index is -4.59. The van der Waals surface area contributed by atoms with E-state index in [1.54, 1.807) is 0 Å². The number of fused-ring (bicyclic) bond motifs is 1. The molecule has 3 aromatic heterocycles.